The zero-order valence-corrected chi connectivity index (χ0v) is 11.9. The number of fused-ring (bicyclic) bond motifs is 2. The van der Waals surface area contributed by atoms with Gasteiger partial charge in [0.2, 0.25) is 0 Å². The molecule has 0 spiro atoms. The normalized spacial score (nSPS) is 23.6. The van der Waals surface area contributed by atoms with Crippen LogP contribution in [0.3, 0.4) is 0 Å². The summed E-state index contributed by atoms with van der Waals surface area (Å²) < 4.78 is 0. The molecule has 2 atom stereocenters. The Bertz CT molecular complexity index is 597. The van der Waals surface area contributed by atoms with Crippen molar-refractivity contribution < 1.29 is 4.79 Å². The van der Waals surface area contributed by atoms with Crippen molar-refractivity contribution in [1.82, 2.24) is 4.90 Å². The number of piperidine rings is 1. The van der Waals surface area contributed by atoms with Crippen LogP contribution in [0.5, 0.6) is 0 Å². The zero-order chi connectivity index (χ0) is 14.1. The van der Waals surface area contributed by atoms with E-state index in [1.54, 1.807) is 0 Å². The molecule has 1 aliphatic carbocycles. The summed E-state index contributed by atoms with van der Waals surface area (Å²) in [5.41, 5.74) is 8.17. The van der Waals surface area contributed by atoms with Crippen LogP contribution >= 0.6 is 0 Å². The van der Waals surface area contributed by atoms with Crippen molar-refractivity contribution in [2.45, 2.75) is 32.2 Å². The Balaban J connectivity index is 1.80. The maximum absolute atomic E-state index is 12.6. The van der Waals surface area contributed by atoms with E-state index in [0.717, 1.165) is 29.2 Å². The Kier molecular flexibility index (Phi) is 3.50. The summed E-state index contributed by atoms with van der Waals surface area (Å²) in [5, 5.41) is 0. The Morgan fingerprint density at radius 3 is 2.90 bits per heavy atom. The number of amides is 1. The SMILES string of the molecule is Cc1cc(C(=O)N2CC3CCC2C3)ccc1C#CCN. The largest absolute Gasteiger partial charge is 0.335 e. The van der Waals surface area contributed by atoms with Crippen molar-refractivity contribution in [3.8, 4) is 11.8 Å². The Labute approximate surface area is 120 Å². The van der Waals surface area contributed by atoms with Crippen molar-refractivity contribution >= 4 is 5.91 Å². The number of rotatable bonds is 1. The minimum Gasteiger partial charge on any atom is -0.335 e. The zero-order valence-electron chi connectivity index (χ0n) is 11.9. The molecule has 1 saturated heterocycles. The van der Waals surface area contributed by atoms with E-state index >= 15 is 0 Å². The fourth-order valence-electron chi connectivity index (χ4n) is 3.42. The molecule has 2 aliphatic rings. The van der Waals surface area contributed by atoms with Gasteiger partial charge in [-0.2, -0.15) is 0 Å². The van der Waals surface area contributed by atoms with Gasteiger partial charge in [-0.3, -0.25) is 4.79 Å². The number of likely N-dealkylation sites (tertiary alicyclic amines) is 1. The Morgan fingerprint density at radius 2 is 2.30 bits per heavy atom. The number of aryl methyl sites for hydroxylation is 1. The summed E-state index contributed by atoms with van der Waals surface area (Å²) in [6.07, 6.45) is 3.67. The first-order chi connectivity index (χ1) is 9.69. The summed E-state index contributed by atoms with van der Waals surface area (Å²) >= 11 is 0. The van der Waals surface area contributed by atoms with Gasteiger partial charge >= 0.3 is 0 Å². The van der Waals surface area contributed by atoms with Gasteiger partial charge in [0.25, 0.3) is 5.91 Å². The number of hydrogen-bond acceptors (Lipinski definition) is 2. The van der Waals surface area contributed by atoms with Crippen LogP contribution in [0.15, 0.2) is 18.2 Å². The van der Waals surface area contributed by atoms with Gasteiger partial charge in [-0.05, 0) is 55.9 Å². The molecular weight excluding hydrogens is 248 g/mol. The van der Waals surface area contributed by atoms with Crippen LogP contribution < -0.4 is 5.73 Å². The second kappa shape index (κ2) is 5.30. The van der Waals surface area contributed by atoms with E-state index < -0.39 is 0 Å². The van der Waals surface area contributed by atoms with E-state index in [-0.39, 0.29) is 5.91 Å². The molecule has 1 aliphatic heterocycles. The van der Waals surface area contributed by atoms with Gasteiger partial charge in [0.15, 0.2) is 0 Å². The third-order valence-electron chi connectivity index (χ3n) is 4.47. The lowest BCUT2D eigenvalue weighted by atomic mass is 10.0. The molecule has 3 nitrogen and oxygen atoms in total. The van der Waals surface area contributed by atoms with Gasteiger partial charge in [0, 0.05) is 23.7 Å². The van der Waals surface area contributed by atoms with Crippen molar-refractivity contribution in [1.29, 1.82) is 0 Å². The van der Waals surface area contributed by atoms with Gasteiger partial charge in [-0.15, -0.1) is 0 Å². The highest BCUT2D eigenvalue weighted by Gasteiger charge is 2.40. The fraction of sp³-hybridized carbons (Fsp3) is 0.471. The number of carbonyl (C=O) groups excluding carboxylic acids is 1. The van der Waals surface area contributed by atoms with Gasteiger partial charge in [-0.25, -0.2) is 0 Å². The molecule has 0 aromatic heterocycles. The lowest BCUT2D eigenvalue weighted by molar-refractivity contribution is 0.0703. The van der Waals surface area contributed by atoms with Gasteiger partial charge in [-0.1, -0.05) is 11.8 Å². The first-order valence-electron chi connectivity index (χ1n) is 7.29. The van der Waals surface area contributed by atoms with E-state index in [9.17, 15) is 4.79 Å². The first-order valence-corrected chi connectivity index (χ1v) is 7.29. The molecule has 104 valence electrons. The molecule has 2 unspecified atom stereocenters. The minimum atomic E-state index is 0.179. The average molecular weight is 268 g/mol. The first kappa shape index (κ1) is 13.2. The number of hydrogen-bond donors (Lipinski definition) is 1. The second-order valence-electron chi connectivity index (χ2n) is 5.83. The van der Waals surface area contributed by atoms with E-state index in [2.05, 4.69) is 16.7 Å². The third-order valence-corrected chi connectivity index (χ3v) is 4.47. The monoisotopic (exact) mass is 268 g/mol. The lowest BCUT2D eigenvalue weighted by Crippen LogP contribution is -2.37. The van der Waals surface area contributed by atoms with Gasteiger partial charge in [0.05, 0.1) is 6.54 Å². The van der Waals surface area contributed by atoms with Crippen LogP contribution in [0.1, 0.15) is 40.7 Å². The van der Waals surface area contributed by atoms with Crippen molar-refractivity contribution in [2.75, 3.05) is 13.1 Å². The van der Waals surface area contributed by atoms with Gasteiger partial charge in [0.1, 0.15) is 0 Å². The van der Waals surface area contributed by atoms with Crippen LogP contribution in [0.25, 0.3) is 0 Å². The summed E-state index contributed by atoms with van der Waals surface area (Å²) in [7, 11) is 0. The van der Waals surface area contributed by atoms with Crippen molar-refractivity contribution in [2.24, 2.45) is 11.7 Å². The molecule has 1 aromatic carbocycles. The maximum Gasteiger partial charge on any atom is 0.254 e. The number of benzene rings is 1. The average Bonchev–Trinajstić information content (AvgIpc) is 3.08. The molecule has 2 fully saturated rings. The third kappa shape index (κ3) is 2.32. The van der Waals surface area contributed by atoms with Crippen LogP contribution in [-0.4, -0.2) is 29.9 Å². The quantitative estimate of drug-likeness (QED) is 0.791. The summed E-state index contributed by atoms with van der Waals surface area (Å²) in [6, 6.07) is 6.25. The minimum absolute atomic E-state index is 0.179. The maximum atomic E-state index is 12.6. The summed E-state index contributed by atoms with van der Waals surface area (Å²) in [5.74, 6) is 6.80. The molecule has 2 N–H and O–H groups in total. The second-order valence-corrected chi connectivity index (χ2v) is 5.83. The highest BCUT2D eigenvalue weighted by Crippen LogP contribution is 2.38. The molecule has 1 saturated carbocycles. The van der Waals surface area contributed by atoms with Crippen LogP contribution in [-0.2, 0) is 0 Å². The highest BCUT2D eigenvalue weighted by molar-refractivity contribution is 5.95. The van der Waals surface area contributed by atoms with E-state index in [0.29, 0.717) is 12.6 Å². The summed E-state index contributed by atoms with van der Waals surface area (Å²) in [6.45, 7) is 3.29. The molecule has 1 aromatic rings. The Morgan fingerprint density at radius 1 is 1.45 bits per heavy atom. The highest BCUT2D eigenvalue weighted by atomic mass is 16.2. The van der Waals surface area contributed by atoms with Crippen molar-refractivity contribution in [3.63, 3.8) is 0 Å². The van der Waals surface area contributed by atoms with Crippen molar-refractivity contribution in [3.05, 3.63) is 34.9 Å². The molecule has 20 heavy (non-hydrogen) atoms. The fourth-order valence-corrected chi connectivity index (χ4v) is 3.42. The molecular formula is C17H20N2O. The molecule has 2 bridgehead atoms. The standard InChI is InChI=1S/C17H20N2O/c1-12-9-15(6-5-14(12)3-2-8-18)17(20)19-11-13-4-7-16(19)10-13/h5-6,9,13,16H,4,7-8,10-11,18H2,1H3. The number of carbonyl (C=O) groups is 1. The predicted molar refractivity (Wildman–Crippen MR) is 79.3 cm³/mol. The van der Waals surface area contributed by atoms with E-state index in [4.69, 9.17) is 5.73 Å². The number of nitrogens with zero attached hydrogens (tertiary/aromatic N) is 1. The van der Waals surface area contributed by atoms with E-state index in [1.165, 1.54) is 19.3 Å². The van der Waals surface area contributed by atoms with Crippen LogP contribution in [0.4, 0.5) is 0 Å². The summed E-state index contributed by atoms with van der Waals surface area (Å²) in [4.78, 5) is 14.6. The van der Waals surface area contributed by atoms with Crippen LogP contribution in [0.2, 0.25) is 0 Å². The molecule has 1 amide bonds. The topological polar surface area (TPSA) is 46.3 Å². The molecule has 1 heterocycles. The Hall–Kier alpha value is -1.79. The van der Waals surface area contributed by atoms with Crippen LogP contribution in [0, 0.1) is 24.7 Å². The predicted octanol–water partition coefficient (Wildman–Crippen LogP) is 1.93. The molecule has 3 heteroatoms. The smallest absolute Gasteiger partial charge is 0.254 e. The van der Waals surface area contributed by atoms with Gasteiger partial charge < -0.3 is 10.6 Å². The molecule has 3 rings (SSSR count). The van der Waals surface area contributed by atoms with E-state index in [1.807, 2.05) is 25.1 Å². The lowest BCUT2D eigenvalue weighted by Gasteiger charge is -2.27. The number of nitrogens with two attached hydrogens (primary N) is 1. The molecule has 0 radical (unpaired) electrons.